The molecule has 0 heterocycles. The van der Waals surface area contributed by atoms with Gasteiger partial charge in [0.2, 0.25) is 0 Å². The van der Waals surface area contributed by atoms with Crippen LogP contribution in [0.3, 0.4) is 0 Å². The highest BCUT2D eigenvalue weighted by Gasteiger charge is 1.95. The Morgan fingerprint density at radius 2 is 2.20 bits per heavy atom. The summed E-state index contributed by atoms with van der Waals surface area (Å²) < 4.78 is 0.933. The molecule has 0 bridgehead atoms. The van der Waals surface area contributed by atoms with Gasteiger partial charge in [0, 0.05) is 17.1 Å². The van der Waals surface area contributed by atoms with Crippen molar-refractivity contribution in [2.45, 2.75) is 19.9 Å². The van der Waals surface area contributed by atoms with Crippen LogP contribution in [0.5, 0.6) is 0 Å². The van der Waals surface area contributed by atoms with Crippen LogP contribution < -0.4 is 5.32 Å². The SMILES string of the molecule is CC(C)NC/C=C/c1ccc(Cl)c(Br)c1. The Balaban J connectivity index is 2.53. The molecule has 15 heavy (non-hydrogen) atoms. The zero-order valence-electron chi connectivity index (χ0n) is 8.93. The van der Waals surface area contributed by atoms with E-state index in [1.54, 1.807) is 0 Å². The van der Waals surface area contributed by atoms with Crippen LogP contribution in [0.15, 0.2) is 28.7 Å². The molecule has 1 rings (SSSR count). The largest absolute Gasteiger partial charge is 0.311 e. The van der Waals surface area contributed by atoms with Crippen LogP contribution in [0, 0.1) is 0 Å². The second kappa shape index (κ2) is 6.31. The van der Waals surface area contributed by atoms with E-state index in [4.69, 9.17) is 11.6 Å². The fourth-order valence-electron chi connectivity index (χ4n) is 1.11. The molecule has 1 nitrogen and oxygen atoms in total. The first-order chi connectivity index (χ1) is 7.09. The van der Waals surface area contributed by atoms with E-state index >= 15 is 0 Å². The Morgan fingerprint density at radius 3 is 2.80 bits per heavy atom. The topological polar surface area (TPSA) is 12.0 Å². The molecule has 0 atom stereocenters. The third-order valence-electron chi connectivity index (χ3n) is 1.90. The van der Waals surface area contributed by atoms with Crippen molar-refractivity contribution in [2.24, 2.45) is 0 Å². The first-order valence-corrected chi connectivity index (χ1v) is 6.11. The molecule has 1 aromatic carbocycles. The summed E-state index contributed by atoms with van der Waals surface area (Å²) in [4.78, 5) is 0. The summed E-state index contributed by atoms with van der Waals surface area (Å²) in [6.07, 6.45) is 4.19. The van der Waals surface area contributed by atoms with Gasteiger partial charge >= 0.3 is 0 Å². The van der Waals surface area contributed by atoms with Gasteiger partial charge in [-0.1, -0.05) is 43.7 Å². The quantitative estimate of drug-likeness (QED) is 0.879. The molecule has 0 saturated heterocycles. The summed E-state index contributed by atoms with van der Waals surface area (Å²) in [6, 6.07) is 6.42. The first-order valence-electron chi connectivity index (χ1n) is 4.94. The lowest BCUT2D eigenvalue weighted by Gasteiger charge is -2.03. The number of benzene rings is 1. The van der Waals surface area contributed by atoms with E-state index in [0.717, 1.165) is 21.6 Å². The molecular formula is C12H15BrClN. The standard InChI is InChI=1S/C12H15BrClN/c1-9(2)15-7-3-4-10-5-6-12(14)11(13)8-10/h3-6,8-9,15H,7H2,1-2H3/b4-3+. The Labute approximate surface area is 105 Å². The number of hydrogen-bond acceptors (Lipinski definition) is 1. The molecule has 0 fully saturated rings. The molecule has 0 radical (unpaired) electrons. The normalized spacial score (nSPS) is 11.5. The molecule has 1 N–H and O–H groups in total. The third kappa shape index (κ3) is 4.83. The van der Waals surface area contributed by atoms with Crippen LogP contribution in [-0.2, 0) is 0 Å². The van der Waals surface area contributed by atoms with Crippen molar-refractivity contribution in [1.82, 2.24) is 5.32 Å². The second-order valence-electron chi connectivity index (χ2n) is 3.64. The lowest BCUT2D eigenvalue weighted by atomic mass is 10.2. The maximum Gasteiger partial charge on any atom is 0.0548 e. The van der Waals surface area contributed by atoms with Gasteiger partial charge in [0.15, 0.2) is 0 Å². The average Bonchev–Trinajstić information content (AvgIpc) is 2.18. The fraction of sp³-hybridized carbons (Fsp3) is 0.333. The predicted molar refractivity (Wildman–Crippen MR) is 71.3 cm³/mol. The molecule has 0 aliphatic carbocycles. The smallest absolute Gasteiger partial charge is 0.0548 e. The summed E-state index contributed by atoms with van der Waals surface area (Å²) in [7, 11) is 0. The summed E-state index contributed by atoms with van der Waals surface area (Å²) in [5.74, 6) is 0. The van der Waals surface area contributed by atoms with E-state index in [0.29, 0.717) is 6.04 Å². The van der Waals surface area contributed by atoms with Gasteiger partial charge in [0.05, 0.1) is 5.02 Å². The summed E-state index contributed by atoms with van der Waals surface area (Å²) >= 11 is 9.30. The second-order valence-corrected chi connectivity index (χ2v) is 4.90. The zero-order chi connectivity index (χ0) is 11.3. The molecule has 0 spiro atoms. The minimum atomic E-state index is 0.520. The maximum atomic E-state index is 5.90. The van der Waals surface area contributed by atoms with E-state index < -0.39 is 0 Å². The van der Waals surface area contributed by atoms with Crippen LogP contribution in [0.25, 0.3) is 6.08 Å². The molecule has 0 unspecified atom stereocenters. The minimum absolute atomic E-state index is 0.520. The lowest BCUT2D eigenvalue weighted by Crippen LogP contribution is -2.22. The van der Waals surface area contributed by atoms with Crippen molar-refractivity contribution in [2.75, 3.05) is 6.54 Å². The Kier molecular flexibility index (Phi) is 5.37. The van der Waals surface area contributed by atoms with Crippen LogP contribution in [0.4, 0.5) is 0 Å². The van der Waals surface area contributed by atoms with Crippen LogP contribution in [0.2, 0.25) is 5.02 Å². The Hall–Kier alpha value is -0.310. The van der Waals surface area contributed by atoms with Gasteiger partial charge in [-0.2, -0.15) is 0 Å². The van der Waals surface area contributed by atoms with Gasteiger partial charge in [0.25, 0.3) is 0 Å². The van der Waals surface area contributed by atoms with Gasteiger partial charge in [-0.25, -0.2) is 0 Å². The van der Waals surface area contributed by atoms with E-state index in [1.165, 1.54) is 0 Å². The summed E-state index contributed by atoms with van der Waals surface area (Å²) in [6.45, 7) is 5.15. The molecular weight excluding hydrogens is 273 g/mol. The lowest BCUT2D eigenvalue weighted by molar-refractivity contribution is 0.633. The monoisotopic (exact) mass is 287 g/mol. The molecule has 1 aromatic rings. The summed E-state index contributed by atoms with van der Waals surface area (Å²) in [5.41, 5.74) is 1.15. The summed E-state index contributed by atoms with van der Waals surface area (Å²) in [5, 5.41) is 4.06. The van der Waals surface area contributed by atoms with Crippen molar-refractivity contribution in [1.29, 1.82) is 0 Å². The van der Waals surface area contributed by atoms with E-state index in [-0.39, 0.29) is 0 Å². The number of rotatable bonds is 4. The van der Waals surface area contributed by atoms with Crippen molar-refractivity contribution in [3.8, 4) is 0 Å². The van der Waals surface area contributed by atoms with Gasteiger partial charge in [-0.05, 0) is 33.6 Å². The molecule has 0 amide bonds. The predicted octanol–water partition coefficient (Wildman–Crippen LogP) is 4.11. The van der Waals surface area contributed by atoms with E-state index in [9.17, 15) is 0 Å². The average molecular weight is 289 g/mol. The number of hydrogen-bond donors (Lipinski definition) is 1. The minimum Gasteiger partial charge on any atom is -0.311 e. The van der Waals surface area contributed by atoms with Crippen molar-refractivity contribution < 1.29 is 0 Å². The fourth-order valence-corrected chi connectivity index (χ4v) is 1.63. The van der Waals surface area contributed by atoms with Crippen molar-refractivity contribution in [3.05, 3.63) is 39.3 Å². The van der Waals surface area contributed by atoms with Gasteiger partial charge in [0.1, 0.15) is 0 Å². The molecule has 0 aromatic heterocycles. The maximum absolute atomic E-state index is 5.90. The van der Waals surface area contributed by atoms with Crippen LogP contribution in [-0.4, -0.2) is 12.6 Å². The number of halogens is 2. The van der Waals surface area contributed by atoms with Gasteiger partial charge in [-0.15, -0.1) is 0 Å². The molecule has 0 aliphatic rings. The third-order valence-corrected chi connectivity index (χ3v) is 3.11. The molecule has 0 saturated carbocycles. The van der Waals surface area contributed by atoms with Crippen molar-refractivity contribution in [3.63, 3.8) is 0 Å². The Bertz CT molecular complexity index is 347. The van der Waals surface area contributed by atoms with Crippen LogP contribution in [0.1, 0.15) is 19.4 Å². The highest BCUT2D eigenvalue weighted by atomic mass is 79.9. The highest BCUT2D eigenvalue weighted by Crippen LogP contribution is 2.23. The molecule has 82 valence electrons. The van der Waals surface area contributed by atoms with Crippen molar-refractivity contribution >= 4 is 33.6 Å². The zero-order valence-corrected chi connectivity index (χ0v) is 11.3. The van der Waals surface area contributed by atoms with E-state index in [1.807, 2.05) is 18.2 Å². The van der Waals surface area contributed by atoms with Gasteiger partial charge < -0.3 is 5.32 Å². The highest BCUT2D eigenvalue weighted by molar-refractivity contribution is 9.10. The van der Waals surface area contributed by atoms with E-state index in [2.05, 4.69) is 47.2 Å². The van der Waals surface area contributed by atoms with Gasteiger partial charge in [-0.3, -0.25) is 0 Å². The molecule has 3 heteroatoms. The first kappa shape index (κ1) is 12.8. The Morgan fingerprint density at radius 1 is 1.47 bits per heavy atom. The molecule has 0 aliphatic heterocycles. The van der Waals surface area contributed by atoms with Crippen LogP contribution >= 0.6 is 27.5 Å². The number of nitrogens with one attached hydrogen (secondary N) is 1.